The first-order valence-electron chi connectivity index (χ1n) is 5.91. The molecule has 0 spiro atoms. The van der Waals surface area contributed by atoms with Crippen molar-refractivity contribution in [3.8, 4) is 11.3 Å². The van der Waals surface area contributed by atoms with E-state index in [1.54, 1.807) is 23.1 Å². The smallest absolute Gasteiger partial charge is 0.168 e. The van der Waals surface area contributed by atoms with E-state index in [2.05, 4.69) is 39.1 Å². The number of benzene rings is 1. The highest BCUT2D eigenvalue weighted by Crippen LogP contribution is 2.26. The predicted molar refractivity (Wildman–Crippen MR) is 80.3 cm³/mol. The fourth-order valence-corrected chi connectivity index (χ4v) is 3.37. The molecule has 0 unspecified atom stereocenters. The molecule has 0 bridgehead atoms. The van der Waals surface area contributed by atoms with Crippen LogP contribution in [0.5, 0.6) is 0 Å². The van der Waals surface area contributed by atoms with Gasteiger partial charge in [0.05, 0.1) is 23.1 Å². The summed E-state index contributed by atoms with van der Waals surface area (Å²) in [6, 6.07) is 10.3. The van der Waals surface area contributed by atoms with Crippen molar-refractivity contribution < 1.29 is 0 Å². The third-order valence-electron chi connectivity index (χ3n) is 2.85. The van der Waals surface area contributed by atoms with E-state index >= 15 is 0 Å². The second kappa shape index (κ2) is 5.59. The summed E-state index contributed by atoms with van der Waals surface area (Å²) in [6.07, 6.45) is 1.93. The van der Waals surface area contributed by atoms with E-state index < -0.39 is 0 Å². The minimum Gasteiger partial charge on any atom is -0.322 e. The molecule has 0 aliphatic carbocycles. The van der Waals surface area contributed by atoms with Gasteiger partial charge < -0.3 is 4.57 Å². The molecule has 1 aromatic carbocycles. The fraction of sp³-hybridized carbons (Fsp3) is 0.143. The van der Waals surface area contributed by atoms with Crippen LogP contribution in [0.1, 0.15) is 5.69 Å². The minimum atomic E-state index is 0.864. The van der Waals surface area contributed by atoms with Crippen molar-refractivity contribution in [1.29, 1.82) is 0 Å². The standard InChI is InChI=1S/C14H13N3S2/c1-17-13(11-5-3-2-4-6-11)7-15-14(17)19-9-12-8-18-10-16-12/h2-8,10H,9H2,1H3. The molecule has 0 amide bonds. The van der Waals surface area contributed by atoms with Gasteiger partial charge in [-0.05, 0) is 5.56 Å². The van der Waals surface area contributed by atoms with Gasteiger partial charge in [0.25, 0.3) is 0 Å². The van der Waals surface area contributed by atoms with Crippen molar-refractivity contribution in [2.24, 2.45) is 7.05 Å². The molecule has 0 aliphatic heterocycles. The molecule has 2 aromatic heterocycles. The molecule has 2 heterocycles. The SMILES string of the molecule is Cn1c(-c2ccccc2)cnc1SCc1cscn1. The Morgan fingerprint density at radius 1 is 1.21 bits per heavy atom. The largest absolute Gasteiger partial charge is 0.322 e. The second-order valence-corrected chi connectivity index (χ2v) is 5.78. The summed E-state index contributed by atoms with van der Waals surface area (Å²) in [7, 11) is 2.05. The van der Waals surface area contributed by atoms with Crippen molar-refractivity contribution in [2.75, 3.05) is 0 Å². The zero-order chi connectivity index (χ0) is 13.1. The number of imidazole rings is 1. The summed E-state index contributed by atoms with van der Waals surface area (Å²) in [5.74, 6) is 0.864. The Hall–Kier alpha value is -1.59. The molecule has 0 saturated carbocycles. The van der Waals surface area contributed by atoms with Gasteiger partial charge >= 0.3 is 0 Å². The van der Waals surface area contributed by atoms with Crippen molar-refractivity contribution in [2.45, 2.75) is 10.9 Å². The summed E-state index contributed by atoms with van der Waals surface area (Å²) >= 11 is 3.35. The van der Waals surface area contributed by atoms with Crippen LogP contribution in [0.25, 0.3) is 11.3 Å². The normalized spacial score (nSPS) is 10.8. The summed E-state index contributed by atoms with van der Waals surface area (Å²) in [6.45, 7) is 0. The molecule has 0 radical (unpaired) electrons. The van der Waals surface area contributed by atoms with E-state index in [0.29, 0.717) is 0 Å². The Balaban J connectivity index is 1.79. The summed E-state index contributed by atoms with van der Waals surface area (Å²) in [5, 5.41) is 3.10. The van der Waals surface area contributed by atoms with E-state index in [1.165, 1.54) is 5.56 Å². The third kappa shape index (κ3) is 2.72. The van der Waals surface area contributed by atoms with Gasteiger partial charge in [0, 0.05) is 18.2 Å². The molecule has 0 fully saturated rings. The number of thioether (sulfide) groups is 1. The Bertz CT molecular complexity index is 645. The second-order valence-electron chi connectivity index (χ2n) is 4.12. The van der Waals surface area contributed by atoms with Crippen LogP contribution in [0.3, 0.4) is 0 Å². The van der Waals surface area contributed by atoms with Crippen LogP contribution in [0.4, 0.5) is 0 Å². The number of rotatable bonds is 4. The zero-order valence-corrected chi connectivity index (χ0v) is 12.1. The lowest BCUT2D eigenvalue weighted by Crippen LogP contribution is -1.94. The number of nitrogens with zero attached hydrogens (tertiary/aromatic N) is 3. The minimum absolute atomic E-state index is 0.864. The van der Waals surface area contributed by atoms with Crippen LogP contribution in [0.15, 0.2) is 52.6 Å². The maximum absolute atomic E-state index is 4.49. The molecule has 0 N–H and O–H groups in total. The van der Waals surface area contributed by atoms with Gasteiger partial charge in [-0.1, -0.05) is 42.1 Å². The highest BCUT2D eigenvalue weighted by Gasteiger charge is 2.09. The van der Waals surface area contributed by atoms with Crippen molar-refractivity contribution in [3.05, 3.63) is 53.1 Å². The van der Waals surface area contributed by atoms with E-state index in [0.717, 1.165) is 22.3 Å². The van der Waals surface area contributed by atoms with Gasteiger partial charge in [0.2, 0.25) is 0 Å². The average Bonchev–Trinajstić information content (AvgIpc) is 3.07. The van der Waals surface area contributed by atoms with Gasteiger partial charge in [-0.2, -0.15) is 0 Å². The molecule has 19 heavy (non-hydrogen) atoms. The topological polar surface area (TPSA) is 30.7 Å². The lowest BCUT2D eigenvalue weighted by atomic mass is 10.2. The van der Waals surface area contributed by atoms with E-state index in [1.807, 2.05) is 29.9 Å². The number of hydrogen-bond donors (Lipinski definition) is 0. The molecule has 3 nitrogen and oxygen atoms in total. The molecule has 3 rings (SSSR count). The summed E-state index contributed by atoms with van der Waals surface area (Å²) in [5.41, 5.74) is 5.31. The number of thiazole rings is 1. The highest BCUT2D eigenvalue weighted by atomic mass is 32.2. The maximum atomic E-state index is 4.49. The lowest BCUT2D eigenvalue weighted by Gasteiger charge is -2.05. The summed E-state index contributed by atoms with van der Waals surface area (Å²) < 4.78 is 2.13. The quantitative estimate of drug-likeness (QED) is 0.683. The van der Waals surface area contributed by atoms with Crippen LogP contribution in [-0.4, -0.2) is 14.5 Å². The first kappa shape index (κ1) is 12.4. The molecular weight excluding hydrogens is 274 g/mol. The van der Waals surface area contributed by atoms with E-state index in [9.17, 15) is 0 Å². The van der Waals surface area contributed by atoms with E-state index in [-0.39, 0.29) is 0 Å². The van der Waals surface area contributed by atoms with Crippen LogP contribution in [-0.2, 0) is 12.8 Å². The molecule has 0 saturated heterocycles. The molecule has 0 aliphatic rings. The first-order chi connectivity index (χ1) is 9.34. The van der Waals surface area contributed by atoms with Crippen LogP contribution >= 0.6 is 23.1 Å². The molecular formula is C14H13N3S2. The Kier molecular flexibility index (Phi) is 3.66. The van der Waals surface area contributed by atoms with Crippen molar-refractivity contribution in [3.63, 3.8) is 0 Å². The maximum Gasteiger partial charge on any atom is 0.168 e. The number of hydrogen-bond acceptors (Lipinski definition) is 4. The zero-order valence-electron chi connectivity index (χ0n) is 10.5. The number of aromatic nitrogens is 3. The molecule has 3 aromatic rings. The lowest BCUT2D eigenvalue weighted by molar-refractivity contribution is 0.796. The van der Waals surface area contributed by atoms with Crippen LogP contribution in [0, 0.1) is 0 Å². The van der Waals surface area contributed by atoms with Gasteiger partial charge in [-0.15, -0.1) is 11.3 Å². The van der Waals surface area contributed by atoms with Crippen LogP contribution in [0.2, 0.25) is 0 Å². The van der Waals surface area contributed by atoms with E-state index in [4.69, 9.17) is 0 Å². The molecule has 96 valence electrons. The average molecular weight is 287 g/mol. The Morgan fingerprint density at radius 2 is 2.05 bits per heavy atom. The first-order valence-corrected chi connectivity index (χ1v) is 7.84. The van der Waals surface area contributed by atoms with Gasteiger partial charge in [-0.25, -0.2) is 9.97 Å². The monoisotopic (exact) mass is 287 g/mol. The third-order valence-corrected chi connectivity index (χ3v) is 4.56. The summed E-state index contributed by atoms with van der Waals surface area (Å²) in [4.78, 5) is 8.78. The highest BCUT2D eigenvalue weighted by molar-refractivity contribution is 7.98. The molecule has 0 atom stereocenters. The van der Waals surface area contributed by atoms with Gasteiger partial charge in [0.15, 0.2) is 5.16 Å². The Morgan fingerprint density at radius 3 is 2.79 bits per heavy atom. The predicted octanol–water partition coefficient (Wildman–Crippen LogP) is 3.84. The van der Waals surface area contributed by atoms with Crippen molar-refractivity contribution >= 4 is 23.1 Å². The van der Waals surface area contributed by atoms with Gasteiger partial charge in [-0.3, -0.25) is 0 Å². The Labute approximate surface area is 120 Å². The van der Waals surface area contributed by atoms with Gasteiger partial charge in [0.1, 0.15) is 0 Å². The van der Waals surface area contributed by atoms with Crippen molar-refractivity contribution in [1.82, 2.24) is 14.5 Å². The molecule has 5 heteroatoms. The van der Waals surface area contributed by atoms with Crippen LogP contribution < -0.4 is 0 Å². The fourth-order valence-electron chi connectivity index (χ4n) is 1.85.